The van der Waals surface area contributed by atoms with Crippen LogP contribution in [0.3, 0.4) is 0 Å². The molecule has 186 valence electrons. The van der Waals surface area contributed by atoms with E-state index in [1.807, 2.05) is 19.1 Å². The highest BCUT2D eigenvalue weighted by molar-refractivity contribution is 6.29. The number of aryl methyl sites for hydroxylation is 1. The molecule has 0 radical (unpaired) electrons. The van der Waals surface area contributed by atoms with Gasteiger partial charge in [0.1, 0.15) is 11.2 Å². The number of aromatic carboxylic acids is 1. The lowest BCUT2D eigenvalue weighted by atomic mass is 10.0. The first-order valence-corrected chi connectivity index (χ1v) is 11.5. The molecule has 0 spiro atoms. The van der Waals surface area contributed by atoms with Gasteiger partial charge in [0.15, 0.2) is 17.2 Å². The molecule has 1 aliphatic carbocycles. The molecule has 1 aliphatic heterocycles. The van der Waals surface area contributed by atoms with E-state index in [1.54, 1.807) is 13.0 Å². The number of carboxylic acids is 1. The summed E-state index contributed by atoms with van der Waals surface area (Å²) in [4.78, 5) is 26.1. The molecule has 3 heterocycles. The fourth-order valence-electron chi connectivity index (χ4n) is 5.06. The summed E-state index contributed by atoms with van der Waals surface area (Å²) in [5.41, 5.74) is 0.495. The van der Waals surface area contributed by atoms with Crippen molar-refractivity contribution in [3.05, 3.63) is 51.9 Å². The van der Waals surface area contributed by atoms with Crippen molar-refractivity contribution in [2.45, 2.75) is 32.5 Å². The molecule has 0 bridgehead atoms. The maximum atomic E-state index is 13.7. The normalized spacial score (nSPS) is 21.7. The molecule has 2 fully saturated rings. The third-order valence-corrected chi connectivity index (χ3v) is 7.15. The number of aromatic nitrogens is 3. The number of nitriles is 1. The third kappa shape index (κ3) is 3.86. The van der Waals surface area contributed by atoms with Crippen LogP contribution < -0.4 is 10.2 Å². The number of hydrogen-bond acceptors (Lipinski definition) is 7. The molecule has 2 aliphatic rings. The topological polar surface area (TPSA) is 115 Å². The molecular formula is C24H20ClF3N6O2. The van der Waals surface area contributed by atoms with Gasteiger partial charge in [0, 0.05) is 18.7 Å². The average molecular weight is 517 g/mol. The number of anilines is 2. The Balaban J connectivity index is 1.56. The Morgan fingerprint density at radius 2 is 2.08 bits per heavy atom. The summed E-state index contributed by atoms with van der Waals surface area (Å²) >= 11 is 5.85. The van der Waals surface area contributed by atoms with Gasteiger partial charge in [-0.25, -0.2) is 19.7 Å². The minimum Gasteiger partial charge on any atom is -0.476 e. The SMILES string of the molecule is Cc1cc(C(C)Nc2ccc(Cl)nc2C(=O)O)c2nc(N3CC4CC4(C(F)(F)F)C3)c(C#N)nc2c1. The zero-order valence-electron chi connectivity index (χ0n) is 19.2. The van der Waals surface area contributed by atoms with E-state index < -0.39 is 29.5 Å². The Kier molecular flexibility index (Phi) is 5.48. The number of nitrogens with one attached hydrogen (secondary N) is 1. The zero-order chi connectivity index (χ0) is 26.0. The molecule has 36 heavy (non-hydrogen) atoms. The molecule has 1 saturated heterocycles. The fourth-order valence-corrected chi connectivity index (χ4v) is 5.21. The minimum atomic E-state index is -4.32. The van der Waals surface area contributed by atoms with Gasteiger partial charge in [-0.3, -0.25) is 0 Å². The average Bonchev–Trinajstić information content (AvgIpc) is 3.39. The van der Waals surface area contributed by atoms with Gasteiger partial charge in [0.2, 0.25) is 0 Å². The van der Waals surface area contributed by atoms with Crippen molar-refractivity contribution in [1.29, 1.82) is 5.26 Å². The van der Waals surface area contributed by atoms with Crippen LogP contribution in [-0.2, 0) is 0 Å². The van der Waals surface area contributed by atoms with Gasteiger partial charge in [-0.05, 0) is 49.9 Å². The summed E-state index contributed by atoms with van der Waals surface area (Å²) < 4.78 is 41.0. The molecule has 1 aromatic carbocycles. The van der Waals surface area contributed by atoms with E-state index >= 15 is 0 Å². The van der Waals surface area contributed by atoms with Crippen LogP contribution in [0.4, 0.5) is 24.7 Å². The van der Waals surface area contributed by atoms with Gasteiger partial charge >= 0.3 is 12.1 Å². The molecule has 1 saturated carbocycles. The van der Waals surface area contributed by atoms with Gasteiger partial charge in [0.05, 0.1) is 28.2 Å². The van der Waals surface area contributed by atoms with Crippen LogP contribution in [0.1, 0.15) is 46.7 Å². The Morgan fingerprint density at radius 3 is 2.72 bits per heavy atom. The van der Waals surface area contributed by atoms with Crippen LogP contribution in [0.25, 0.3) is 11.0 Å². The highest BCUT2D eigenvalue weighted by atomic mass is 35.5. The van der Waals surface area contributed by atoms with E-state index in [-0.39, 0.29) is 47.6 Å². The van der Waals surface area contributed by atoms with Crippen LogP contribution in [0.2, 0.25) is 5.15 Å². The number of carbonyl (C=O) groups is 1. The molecule has 2 N–H and O–H groups in total. The number of alkyl halides is 3. The Labute approximate surface area is 208 Å². The molecule has 3 atom stereocenters. The van der Waals surface area contributed by atoms with Crippen LogP contribution in [0.15, 0.2) is 24.3 Å². The van der Waals surface area contributed by atoms with Gasteiger partial charge in [-0.2, -0.15) is 18.4 Å². The van der Waals surface area contributed by atoms with Crippen molar-refractivity contribution in [2.24, 2.45) is 11.3 Å². The van der Waals surface area contributed by atoms with Crippen LogP contribution in [0.5, 0.6) is 0 Å². The Bertz CT molecular complexity index is 1460. The summed E-state index contributed by atoms with van der Waals surface area (Å²) in [6.45, 7) is 3.52. The van der Waals surface area contributed by atoms with Crippen LogP contribution in [-0.4, -0.2) is 45.3 Å². The van der Waals surface area contributed by atoms with Crippen LogP contribution in [0, 0.1) is 29.6 Å². The lowest BCUT2D eigenvalue weighted by Crippen LogP contribution is -2.34. The molecule has 8 nitrogen and oxygen atoms in total. The van der Waals surface area contributed by atoms with E-state index in [9.17, 15) is 28.3 Å². The predicted octanol–water partition coefficient (Wildman–Crippen LogP) is 5.12. The van der Waals surface area contributed by atoms with E-state index in [4.69, 9.17) is 11.6 Å². The molecular weight excluding hydrogens is 497 g/mol. The summed E-state index contributed by atoms with van der Waals surface area (Å²) in [5.74, 6) is -1.66. The van der Waals surface area contributed by atoms with Crippen molar-refractivity contribution in [1.82, 2.24) is 15.0 Å². The van der Waals surface area contributed by atoms with E-state index in [1.165, 1.54) is 17.0 Å². The van der Waals surface area contributed by atoms with Gasteiger partial charge < -0.3 is 15.3 Å². The van der Waals surface area contributed by atoms with E-state index in [2.05, 4.69) is 20.3 Å². The predicted molar refractivity (Wildman–Crippen MR) is 126 cm³/mol. The second-order valence-corrected chi connectivity index (χ2v) is 9.75. The Hall–Kier alpha value is -3.65. The number of carboxylic acid groups (broad SMARTS) is 1. The molecule has 3 unspecified atom stereocenters. The number of nitrogens with zero attached hydrogens (tertiary/aromatic N) is 5. The van der Waals surface area contributed by atoms with Crippen LogP contribution >= 0.6 is 11.6 Å². The van der Waals surface area contributed by atoms with E-state index in [0.717, 1.165) is 5.56 Å². The van der Waals surface area contributed by atoms with Crippen molar-refractivity contribution >= 4 is 40.1 Å². The molecule has 12 heteroatoms. The minimum absolute atomic E-state index is 0.0337. The highest BCUT2D eigenvalue weighted by Gasteiger charge is 2.74. The first-order valence-electron chi connectivity index (χ1n) is 11.1. The Morgan fingerprint density at radius 1 is 1.33 bits per heavy atom. The molecule has 3 aromatic rings. The first-order chi connectivity index (χ1) is 16.9. The second-order valence-electron chi connectivity index (χ2n) is 9.37. The van der Waals surface area contributed by atoms with E-state index in [0.29, 0.717) is 16.6 Å². The number of benzene rings is 1. The first kappa shape index (κ1) is 24.1. The number of rotatable bonds is 5. The molecule has 2 aromatic heterocycles. The quantitative estimate of drug-likeness (QED) is 0.449. The molecule has 0 amide bonds. The highest BCUT2D eigenvalue weighted by Crippen LogP contribution is 2.66. The maximum absolute atomic E-state index is 13.7. The zero-order valence-corrected chi connectivity index (χ0v) is 19.9. The van der Waals surface area contributed by atoms with Crippen molar-refractivity contribution in [2.75, 3.05) is 23.3 Å². The number of piperidine rings is 1. The van der Waals surface area contributed by atoms with Gasteiger partial charge in [0.25, 0.3) is 0 Å². The van der Waals surface area contributed by atoms with Gasteiger partial charge in [-0.1, -0.05) is 17.7 Å². The lowest BCUT2D eigenvalue weighted by Gasteiger charge is -2.25. The molecule has 5 rings (SSSR count). The maximum Gasteiger partial charge on any atom is 0.396 e. The summed E-state index contributed by atoms with van der Waals surface area (Å²) in [6.07, 6.45) is -4.24. The van der Waals surface area contributed by atoms with Crippen molar-refractivity contribution in [3.8, 4) is 6.07 Å². The number of fused-ring (bicyclic) bond motifs is 2. The smallest absolute Gasteiger partial charge is 0.396 e. The second kappa shape index (κ2) is 8.20. The standard InChI is InChI=1S/C24H20ClF3N6O2/c1-11-5-14(12(2)30-15-3-4-18(25)32-20(15)22(35)36)19-16(6-11)31-17(8-29)21(33-19)34-9-13-7-23(13,10-34)24(26,27)28/h3-6,12-13,30H,7,9-10H2,1-2H3,(H,35,36). The van der Waals surface area contributed by atoms with Crippen molar-refractivity contribution in [3.63, 3.8) is 0 Å². The fraction of sp³-hybridized carbons (Fsp3) is 0.375. The number of pyridine rings is 1. The largest absolute Gasteiger partial charge is 0.476 e. The monoisotopic (exact) mass is 516 g/mol. The summed E-state index contributed by atoms with van der Waals surface area (Å²) in [7, 11) is 0. The van der Waals surface area contributed by atoms with Gasteiger partial charge in [-0.15, -0.1) is 0 Å². The number of hydrogen-bond donors (Lipinski definition) is 2. The summed E-state index contributed by atoms with van der Waals surface area (Å²) in [6, 6.07) is 8.04. The summed E-state index contributed by atoms with van der Waals surface area (Å²) in [5, 5.41) is 22.4. The van der Waals surface area contributed by atoms with Crippen molar-refractivity contribution < 1.29 is 23.1 Å². The lowest BCUT2D eigenvalue weighted by molar-refractivity contribution is -0.184. The third-order valence-electron chi connectivity index (χ3n) is 6.94. The number of halogens is 4.